The maximum Gasteiger partial charge on any atom is 0.269 e. The van der Waals surface area contributed by atoms with Crippen LogP contribution in [-0.2, 0) is 6.54 Å². The van der Waals surface area contributed by atoms with E-state index in [4.69, 9.17) is 5.73 Å². The molecule has 0 spiro atoms. The third kappa shape index (κ3) is 4.56. The molecule has 0 bridgehead atoms. The van der Waals surface area contributed by atoms with Crippen molar-refractivity contribution in [3.8, 4) is 0 Å². The maximum atomic E-state index is 12.9. The molecule has 2 heterocycles. The molecule has 1 aromatic heterocycles. The molecular formula is C21H31N7O2. The number of aryl methyl sites for hydroxylation is 1. The second-order valence-corrected chi connectivity index (χ2v) is 7.74. The van der Waals surface area contributed by atoms with Crippen LogP contribution in [0.2, 0.25) is 0 Å². The van der Waals surface area contributed by atoms with E-state index in [2.05, 4.69) is 25.8 Å². The van der Waals surface area contributed by atoms with Crippen molar-refractivity contribution in [1.82, 2.24) is 14.9 Å². The third-order valence-electron chi connectivity index (χ3n) is 5.07. The summed E-state index contributed by atoms with van der Waals surface area (Å²) in [5, 5.41) is 9.66. The highest BCUT2D eigenvalue weighted by atomic mass is 16.2. The molecule has 30 heavy (non-hydrogen) atoms. The van der Waals surface area contributed by atoms with E-state index in [0.717, 1.165) is 37.4 Å². The number of nitrogens with zero attached hydrogens (tertiary/aromatic N) is 3. The summed E-state index contributed by atoms with van der Waals surface area (Å²) in [5.74, 6) is -0.240. The predicted molar refractivity (Wildman–Crippen MR) is 121 cm³/mol. The van der Waals surface area contributed by atoms with Crippen LogP contribution in [0.5, 0.6) is 0 Å². The van der Waals surface area contributed by atoms with E-state index < -0.39 is 11.5 Å². The number of carbonyl (C=O) groups excluding carboxylic acids is 1. The number of nitrogens with one attached hydrogen (secondary N) is 3. The fourth-order valence-electron chi connectivity index (χ4n) is 3.66. The minimum atomic E-state index is -0.803. The van der Waals surface area contributed by atoms with Gasteiger partial charge in [0.1, 0.15) is 5.56 Å². The molecule has 0 unspecified atom stereocenters. The van der Waals surface area contributed by atoms with Gasteiger partial charge in [-0.25, -0.2) is 0 Å². The molecule has 1 fully saturated rings. The Balaban J connectivity index is 1.98. The number of aromatic nitrogens is 2. The van der Waals surface area contributed by atoms with Gasteiger partial charge in [-0.05, 0) is 51.5 Å². The predicted octanol–water partition coefficient (Wildman–Crippen LogP) is 1.64. The van der Waals surface area contributed by atoms with Crippen LogP contribution in [-0.4, -0.2) is 47.7 Å². The molecular weight excluding hydrogens is 382 g/mol. The molecule has 1 aromatic carbocycles. The first kappa shape index (κ1) is 21.6. The molecule has 9 nitrogen and oxygen atoms in total. The first-order chi connectivity index (χ1) is 14.3. The number of primary amides is 1. The average molecular weight is 414 g/mol. The number of piperazine rings is 1. The largest absolute Gasteiger partial charge is 0.369 e. The number of amides is 1. The SMILES string of the molecule is CCn1c(NC(C)C)nc(Nc2ccc(N3CCNCC3)c(C)c2)c(C(N)=O)c1=O. The van der Waals surface area contributed by atoms with Crippen LogP contribution in [0.4, 0.5) is 23.1 Å². The van der Waals surface area contributed by atoms with E-state index in [9.17, 15) is 9.59 Å². The second-order valence-electron chi connectivity index (χ2n) is 7.74. The Morgan fingerprint density at radius 1 is 1.30 bits per heavy atom. The van der Waals surface area contributed by atoms with Gasteiger partial charge in [0.25, 0.3) is 11.5 Å². The minimum absolute atomic E-state index is 0.0718. The molecule has 0 saturated carbocycles. The Bertz CT molecular complexity index is 978. The van der Waals surface area contributed by atoms with E-state index in [1.165, 1.54) is 10.3 Å². The molecule has 162 valence electrons. The van der Waals surface area contributed by atoms with E-state index in [1.54, 1.807) is 0 Å². The quantitative estimate of drug-likeness (QED) is 0.545. The number of hydrogen-bond donors (Lipinski definition) is 4. The van der Waals surface area contributed by atoms with Gasteiger partial charge < -0.3 is 26.6 Å². The van der Waals surface area contributed by atoms with Gasteiger partial charge in [-0.1, -0.05) is 0 Å². The van der Waals surface area contributed by atoms with Crippen molar-refractivity contribution >= 4 is 29.0 Å². The van der Waals surface area contributed by atoms with E-state index >= 15 is 0 Å². The monoisotopic (exact) mass is 413 g/mol. The molecule has 5 N–H and O–H groups in total. The van der Waals surface area contributed by atoms with Crippen molar-refractivity contribution in [3.05, 3.63) is 39.7 Å². The van der Waals surface area contributed by atoms with Gasteiger partial charge in [-0.3, -0.25) is 14.2 Å². The lowest BCUT2D eigenvalue weighted by Gasteiger charge is -2.31. The van der Waals surface area contributed by atoms with Crippen molar-refractivity contribution in [2.24, 2.45) is 5.73 Å². The molecule has 1 aliphatic heterocycles. The zero-order valence-corrected chi connectivity index (χ0v) is 18.1. The lowest BCUT2D eigenvalue weighted by atomic mass is 10.1. The highest BCUT2D eigenvalue weighted by Gasteiger charge is 2.21. The minimum Gasteiger partial charge on any atom is -0.369 e. The summed E-state index contributed by atoms with van der Waals surface area (Å²) in [6.45, 7) is 12.0. The summed E-state index contributed by atoms with van der Waals surface area (Å²) in [6.07, 6.45) is 0. The Labute approximate surface area is 176 Å². The molecule has 0 atom stereocenters. The number of hydrogen-bond acceptors (Lipinski definition) is 7. The van der Waals surface area contributed by atoms with Crippen LogP contribution in [0, 0.1) is 6.92 Å². The van der Waals surface area contributed by atoms with Gasteiger partial charge in [0.15, 0.2) is 5.82 Å². The topological polar surface area (TPSA) is 117 Å². The number of carbonyl (C=O) groups is 1. The number of benzene rings is 1. The summed E-state index contributed by atoms with van der Waals surface area (Å²) in [6, 6.07) is 6.04. The molecule has 1 saturated heterocycles. The fraction of sp³-hybridized carbons (Fsp3) is 0.476. The summed E-state index contributed by atoms with van der Waals surface area (Å²) in [4.78, 5) is 31.8. The Kier molecular flexibility index (Phi) is 6.61. The smallest absolute Gasteiger partial charge is 0.269 e. The molecule has 9 heteroatoms. The Morgan fingerprint density at radius 3 is 2.57 bits per heavy atom. The van der Waals surface area contributed by atoms with Crippen LogP contribution in [0.25, 0.3) is 0 Å². The zero-order valence-electron chi connectivity index (χ0n) is 18.1. The van der Waals surface area contributed by atoms with E-state index in [0.29, 0.717) is 12.5 Å². The van der Waals surface area contributed by atoms with Crippen LogP contribution >= 0.6 is 0 Å². The van der Waals surface area contributed by atoms with E-state index in [-0.39, 0.29) is 17.4 Å². The van der Waals surface area contributed by atoms with Crippen molar-refractivity contribution in [2.75, 3.05) is 41.7 Å². The van der Waals surface area contributed by atoms with E-state index in [1.807, 2.05) is 45.9 Å². The molecule has 0 radical (unpaired) electrons. The maximum absolute atomic E-state index is 12.9. The molecule has 1 aliphatic rings. The Morgan fingerprint density at radius 2 is 2.00 bits per heavy atom. The third-order valence-corrected chi connectivity index (χ3v) is 5.07. The molecule has 3 rings (SSSR count). The molecule has 0 aliphatic carbocycles. The van der Waals surface area contributed by atoms with Crippen LogP contribution in [0.1, 0.15) is 36.7 Å². The lowest BCUT2D eigenvalue weighted by molar-refractivity contribution is 0.0999. The highest BCUT2D eigenvalue weighted by Crippen LogP contribution is 2.26. The van der Waals surface area contributed by atoms with Gasteiger partial charge in [-0.15, -0.1) is 0 Å². The summed E-state index contributed by atoms with van der Waals surface area (Å²) in [5.41, 5.74) is 7.95. The number of rotatable bonds is 7. The summed E-state index contributed by atoms with van der Waals surface area (Å²) >= 11 is 0. The van der Waals surface area contributed by atoms with Crippen LogP contribution in [0.15, 0.2) is 23.0 Å². The first-order valence-electron chi connectivity index (χ1n) is 10.4. The summed E-state index contributed by atoms with van der Waals surface area (Å²) in [7, 11) is 0. The zero-order chi connectivity index (χ0) is 21.8. The number of nitrogens with two attached hydrogens (primary N) is 1. The molecule has 1 amide bonds. The Hall–Kier alpha value is -3.07. The fourth-order valence-corrected chi connectivity index (χ4v) is 3.66. The van der Waals surface area contributed by atoms with Crippen molar-refractivity contribution < 1.29 is 4.79 Å². The van der Waals surface area contributed by atoms with Crippen molar-refractivity contribution in [1.29, 1.82) is 0 Å². The summed E-state index contributed by atoms with van der Waals surface area (Å²) < 4.78 is 1.42. The standard InChI is InChI=1S/C21H31N7O2/c1-5-28-20(30)17(18(22)29)19(26-21(28)24-13(2)3)25-15-6-7-16(14(4)12-15)27-10-8-23-9-11-27/h6-7,12-13,23,25H,5,8-11H2,1-4H3,(H2,22,29)(H,24,26). The average Bonchev–Trinajstić information content (AvgIpc) is 2.68. The highest BCUT2D eigenvalue weighted by molar-refractivity contribution is 5.98. The van der Waals surface area contributed by atoms with Crippen LogP contribution < -0.4 is 32.1 Å². The second kappa shape index (κ2) is 9.17. The molecule has 2 aromatic rings. The normalized spacial score (nSPS) is 14.1. The first-order valence-corrected chi connectivity index (χ1v) is 10.4. The van der Waals surface area contributed by atoms with Gasteiger partial charge in [-0.2, -0.15) is 4.98 Å². The van der Waals surface area contributed by atoms with Crippen LogP contribution in [0.3, 0.4) is 0 Å². The van der Waals surface area contributed by atoms with Gasteiger partial charge in [0, 0.05) is 50.1 Å². The number of anilines is 4. The van der Waals surface area contributed by atoms with Gasteiger partial charge in [0.05, 0.1) is 0 Å². The lowest BCUT2D eigenvalue weighted by Crippen LogP contribution is -2.43. The van der Waals surface area contributed by atoms with Gasteiger partial charge >= 0.3 is 0 Å². The van der Waals surface area contributed by atoms with Crippen molar-refractivity contribution in [3.63, 3.8) is 0 Å². The van der Waals surface area contributed by atoms with Gasteiger partial charge in [0.2, 0.25) is 5.95 Å². The van der Waals surface area contributed by atoms with Crippen molar-refractivity contribution in [2.45, 2.75) is 40.3 Å².